The maximum atomic E-state index is 13.0. The van der Waals surface area contributed by atoms with Gasteiger partial charge in [-0.25, -0.2) is 4.98 Å². The van der Waals surface area contributed by atoms with Crippen LogP contribution in [0.25, 0.3) is 10.9 Å². The van der Waals surface area contributed by atoms with Crippen molar-refractivity contribution in [3.05, 3.63) is 64.6 Å². The lowest BCUT2D eigenvalue weighted by molar-refractivity contribution is -0.137. The van der Waals surface area contributed by atoms with Crippen LogP contribution in [-0.2, 0) is 19.8 Å². The van der Waals surface area contributed by atoms with Crippen molar-refractivity contribution >= 4 is 28.4 Å². The fourth-order valence-corrected chi connectivity index (χ4v) is 3.91. The van der Waals surface area contributed by atoms with Crippen LogP contribution in [0.3, 0.4) is 0 Å². The first-order valence-electron chi connectivity index (χ1n) is 9.51. The van der Waals surface area contributed by atoms with E-state index in [0.717, 1.165) is 28.6 Å². The molecule has 9 heteroatoms. The summed E-state index contributed by atoms with van der Waals surface area (Å²) in [5.41, 5.74) is 1.59. The second-order valence-corrected chi connectivity index (χ2v) is 7.80. The molecule has 1 saturated heterocycles. The van der Waals surface area contributed by atoms with Gasteiger partial charge in [0, 0.05) is 45.2 Å². The molecule has 158 valence electrons. The van der Waals surface area contributed by atoms with E-state index in [0.29, 0.717) is 43.6 Å². The average molecular weight is 437 g/mol. The minimum Gasteiger partial charge on any atom is -0.338 e. The lowest BCUT2D eigenvalue weighted by atomic mass is 10.1. The fourth-order valence-electron chi connectivity index (χ4n) is 3.74. The third kappa shape index (κ3) is 4.15. The van der Waals surface area contributed by atoms with Crippen LogP contribution in [0.15, 0.2) is 42.6 Å². The average Bonchev–Trinajstić information content (AvgIpc) is 3.03. The zero-order valence-corrected chi connectivity index (χ0v) is 17.0. The van der Waals surface area contributed by atoms with E-state index >= 15 is 0 Å². The number of halogens is 4. The quantitative estimate of drug-likeness (QED) is 0.578. The lowest BCUT2D eigenvalue weighted by Crippen LogP contribution is -2.48. The van der Waals surface area contributed by atoms with Crippen LogP contribution in [0.2, 0.25) is 5.15 Å². The summed E-state index contributed by atoms with van der Waals surface area (Å²) in [5, 5.41) is 1.24. The predicted octanol–water partition coefficient (Wildman–Crippen LogP) is 4.20. The normalized spacial score (nSPS) is 15.7. The Morgan fingerprint density at radius 3 is 2.40 bits per heavy atom. The number of alkyl halides is 3. The molecule has 3 heterocycles. The van der Waals surface area contributed by atoms with Crippen molar-refractivity contribution in [2.75, 3.05) is 26.2 Å². The number of fused-ring (bicyclic) bond motifs is 1. The first-order chi connectivity index (χ1) is 14.2. The van der Waals surface area contributed by atoms with Crippen LogP contribution >= 0.6 is 11.6 Å². The lowest BCUT2D eigenvalue weighted by Gasteiger charge is -2.34. The number of piperazine rings is 1. The number of hydrogen-bond donors (Lipinski definition) is 0. The monoisotopic (exact) mass is 436 g/mol. The molecule has 4 rings (SSSR count). The zero-order chi connectivity index (χ0) is 21.5. The van der Waals surface area contributed by atoms with Crippen molar-refractivity contribution < 1.29 is 18.0 Å². The van der Waals surface area contributed by atoms with Gasteiger partial charge >= 0.3 is 6.18 Å². The molecule has 2 aromatic heterocycles. The second kappa shape index (κ2) is 7.92. The molecule has 3 aromatic rings. The maximum absolute atomic E-state index is 13.0. The Kier molecular flexibility index (Phi) is 5.46. The first kappa shape index (κ1) is 20.7. The molecule has 0 saturated carbocycles. The largest absolute Gasteiger partial charge is 0.416 e. The van der Waals surface area contributed by atoms with Gasteiger partial charge < -0.3 is 9.47 Å². The minimum atomic E-state index is -4.33. The molecule has 0 radical (unpaired) electrons. The number of benzene rings is 1. The Morgan fingerprint density at radius 1 is 1.10 bits per heavy atom. The van der Waals surface area contributed by atoms with E-state index in [1.54, 1.807) is 17.2 Å². The zero-order valence-electron chi connectivity index (χ0n) is 16.3. The number of aromatic nitrogens is 2. The van der Waals surface area contributed by atoms with Crippen molar-refractivity contribution in [2.45, 2.75) is 12.7 Å². The molecule has 1 aromatic carbocycles. The Labute approximate surface area is 176 Å². The number of carbonyl (C=O) groups excluding carboxylic acids is 1. The van der Waals surface area contributed by atoms with E-state index in [1.807, 2.05) is 17.7 Å². The summed E-state index contributed by atoms with van der Waals surface area (Å²) in [4.78, 5) is 21.0. The number of pyridine rings is 1. The van der Waals surface area contributed by atoms with Gasteiger partial charge in [0.25, 0.3) is 5.91 Å². The third-order valence-corrected chi connectivity index (χ3v) is 5.67. The highest BCUT2D eigenvalue weighted by Crippen LogP contribution is 2.29. The van der Waals surface area contributed by atoms with Crippen LogP contribution in [0.5, 0.6) is 0 Å². The van der Waals surface area contributed by atoms with Crippen molar-refractivity contribution in [2.24, 2.45) is 7.05 Å². The molecule has 0 spiro atoms. The van der Waals surface area contributed by atoms with E-state index in [9.17, 15) is 18.0 Å². The van der Waals surface area contributed by atoms with Crippen molar-refractivity contribution in [3.8, 4) is 0 Å². The molecule has 1 fully saturated rings. The number of carbonyl (C=O) groups is 1. The topological polar surface area (TPSA) is 41.4 Å². The Bertz CT molecular complexity index is 1070. The highest BCUT2D eigenvalue weighted by Gasteiger charge is 2.30. The molecule has 0 unspecified atom stereocenters. The van der Waals surface area contributed by atoms with Crippen LogP contribution in [0.4, 0.5) is 13.2 Å². The summed E-state index contributed by atoms with van der Waals surface area (Å²) in [6, 6.07) is 8.78. The summed E-state index contributed by atoms with van der Waals surface area (Å²) >= 11 is 5.95. The van der Waals surface area contributed by atoms with Gasteiger partial charge in [0.15, 0.2) is 0 Å². The smallest absolute Gasteiger partial charge is 0.338 e. The second-order valence-electron chi connectivity index (χ2n) is 7.42. The fraction of sp³-hybridized carbons (Fsp3) is 0.333. The molecule has 30 heavy (non-hydrogen) atoms. The SMILES string of the molecule is Cn1c(C(=O)N2CCN(Cc3ccc(C(F)(F)F)cc3)CC2)cc2cc(Cl)ncc21. The highest BCUT2D eigenvalue weighted by molar-refractivity contribution is 6.30. The van der Waals surface area contributed by atoms with Gasteiger partial charge in [0.1, 0.15) is 10.8 Å². The number of rotatable bonds is 3. The van der Waals surface area contributed by atoms with E-state index in [1.165, 1.54) is 12.1 Å². The van der Waals surface area contributed by atoms with Crippen LogP contribution in [0.1, 0.15) is 21.6 Å². The maximum Gasteiger partial charge on any atom is 0.416 e. The highest BCUT2D eigenvalue weighted by atomic mass is 35.5. The molecule has 1 aliphatic rings. The Balaban J connectivity index is 1.38. The predicted molar refractivity (Wildman–Crippen MR) is 108 cm³/mol. The summed E-state index contributed by atoms with van der Waals surface area (Å²) in [5.74, 6) is -0.0565. The third-order valence-electron chi connectivity index (χ3n) is 5.46. The summed E-state index contributed by atoms with van der Waals surface area (Å²) in [6.07, 6.45) is -2.68. The summed E-state index contributed by atoms with van der Waals surface area (Å²) in [6.45, 7) is 2.98. The number of hydrogen-bond acceptors (Lipinski definition) is 3. The van der Waals surface area contributed by atoms with Gasteiger partial charge in [-0.15, -0.1) is 0 Å². The van der Waals surface area contributed by atoms with E-state index in [2.05, 4.69) is 9.88 Å². The summed E-state index contributed by atoms with van der Waals surface area (Å²) < 4.78 is 39.9. The first-order valence-corrected chi connectivity index (χ1v) is 9.89. The van der Waals surface area contributed by atoms with Crippen molar-refractivity contribution in [1.29, 1.82) is 0 Å². The molecule has 0 bridgehead atoms. The number of amides is 1. The van der Waals surface area contributed by atoms with E-state index in [4.69, 9.17) is 11.6 Å². The van der Waals surface area contributed by atoms with Crippen LogP contribution in [-0.4, -0.2) is 51.4 Å². The van der Waals surface area contributed by atoms with Gasteiger partial charge in [0.2, 0.25) is 0 Å². The molecule has 5 nitrogen and oxygen atoms in total. The number of aryl methyl sites for hydroxylation is 1. The molecular formula is C21H20ClF3N4O. The van der Waals surface area contributed by atoms with Crippen molar-refractivity contribution in [3.63, 3.8) is 0 Å². The molecule has 0 N–H and O–H groups in total. The van der Waals surface area contributed by atoms with Gasteiger partial charge in [-0.2, -0.15) is 13.2 Å². The van der Waals surface area contributed by atoms with E-state index < -0.39 is 11.7 Å². The molecule has 0 atom stereocenters. The Hall–Kier alpha value is -2.58. The van der Waals surface area contributed by atoms with Gasteiger partial charge in [-0.1, -0.05) is 23.7 Å². The van der Waals surface area contributed by atoms with Gasteiger partial charge in [-0.3, -0.25) is 9.69 Å². The summed E-state index contributed by atoms with van der Waals surface area (Å²) in [7, 11) is 1.83. The molecular weight excluding hydrogens is 417 g/mol. The molecule has 1 aliphatic heterocycles. The molecule has 1 amide bonds. The van der Waals surface area contributed by atoms with Crippen LogP contribution in [0, 0.1) is 0 Å². The van der Waals surface area contributed by atoms with Crippen LogP contribution < -0.4 is 0 Å². The van der Waals surface area contributed by atoms with Gasteiger partial charge in [-0.05, 0) is 29.8 Å². The standard InChI is InChI=1S/C21H20ClF3N4O/c1-27-17(10-15-11-19(22)26-12-18(15)27)20(30)29-8-6-28(7-9-29)13-14-2-4-16(5-3-14)21(23,24)25/h2-5,10-12H,6-9,13H2,1H3. The minimum absolute atomic E-state index is 0.0565. The van der Waals surface area contributed by atoms with Crippen molar-refractivity contribution in [1.82, 2.24) is 19.4 Å². The Morgan fingerprint density at radius 2 is 1.77 bits per heavy atom. The number of nitrogens with zero attached hydrogens (tertiary/aromatic N) is 4. The van der Waals surface area contributed by atoms with Gasteiger partial charge in [0.05, 0.1) is 17.3 Å². The molecule has 0 aliphatic carbocycles. The van der Waals surface area contributed by atoms with E-state index in [-0.39, 0.29) is 5.91 Å².